The van der Waals surface area contributed by atoms with Gasteiger partial charge in [0.25, 0.3) is 0 Å². The van der Waals surface area contributed by atoms with E-state index in [9.17, 15) is 0 Å². The van der Waals surface area contributed by atoms with Crippen LogP contribution in [0, 0.1) is 0 Å². The van der Waals surface area contributed by atoms with E-state index in [0.29, 0.717) is 6.61 Å². The molecule has 1 aliphatic heterocycles. The molecule has 0 atom stereocenters. The van der Waals surface area contributed by atoms with Crippen molar-refractivity contribution in [3.63, 3.8) is 0 Å². The molecule has 4 heteroatoms. The molecule has 0 aromatic carbocycles. The summed E-state index contributed by atoms with van der Waals surface area (Å²) in [6, 6.07) is 0. The summed E-state index contributed by atoms with van der Waals surface area (Å²) < 4.78 is 4.80. The predicted octanol–water partition coefficient (Wildman–Crippen LogP) is -0.0300. The molecular formula is C5H10ClNO2. The van der Waals surface area contributed by atoms with E-state index in [0.717, 1.165) is 5.70 Å². The first-order chi connectivity index (χ1) is 3.39. The normalized spacial score (nSPS) is 14.0. The van der Waals surface area contributed by atoms with Crippen LogP contribution < -0.4 is 5.73 Å². The van der Waals surface area contributed by atoms with Crippen molar-refractivity contribution in [2.45, 2.75) is 0 Å². The molecule has 0 fully saturated rings. The van der Waals surface area contributed by atoms with Crippen LogP contribution in [0.2, 0.25) is 0 Å². The van der Waals surface area contributed by atoms with E-state index < -0.39 is 0 Å². The fraction of sp³-hybridized carbons (Fsp3) is 0.200. The lowest BCUT2D eigenvalue weighted by Crippen LogP contribution is -1.99. The molecular weight excluding hydrogens is 142 g/mol. The maximum absolute atomic E-state index is 5.33. The predicted molar refractivity (Wildman–Crippen MR) is 38.2 cm³/mol. The van der Waals surface area contributed by atoms with Gasteiger partial charge in [0.05, 0.1) is 6.26 Å². The molecule has 1 rings (SSSR count). The molecule has 9 heavy (non-hydrogen) atoms. The van der Waals surface area contributed by atoms with Crippen molar-refractivity contribution in [1.29, 1.82) is 0 Å². The Kier molecular flexibility index (Phi) is 6.78. The minimum absolute atomic E-state index is 0. The summed E-state index contributed by atoms with van der Waals surface area (Å²) in [5, 5.41) is 0. The lowest BCUT2D eigenvalue weighted by molar-refractivity contribution is 0.284. The van der Waals surface area contributed by atoms with Crippen LogP contribution in [-0.4, -0.2) is 12.1 Å². The maximum Gasteiger partial charge on any atom is 0.108 e. The number of nitrogens with two attached hydrogens (primary N) is 1. The zero-order valence-corrected chi connectivity index (χ0v) is 5.65. The summed E-state index contributed by atoms with van der Waals surface area (Å²) >= 11 is 0. The van der Waals surface area contributed by atoms with Crippen molar-refractivity contribution >= 4 is 12.4 Å². The second-order valence-electron chi connectivity index (χ2n) is 1.34. The third-order valence-electron chi connectivity index (χ3n) is 0.772. The zero-order valence-electron chi connectivity index (χ0n) is 4.83. The van der Waals surface area contributed by atoms with E-state index in [2.05, 4.69) is 0 Å². The van der Waals surface area contributed by atoms with E-state index in [1.807, 2.05) is 6.08 Å². The van der Waals surface area contributed by atoms with Crippen LogP contribution >= 0.6 is 12.4 Å². The minimum atomic E-state index is 0. The number of hydrogen-bond acceptors (Lipinski definition) is 2. The van der Waals surface area contributed by atoms with Gasteiger partial charge < -0.3 is 15.9 Å². The molecule has 0 saturated heterocycles. The molecule has 0 unspecified atom stereocenters. The largest absolute Gasteiger partial charge is 0.497 e. The van der Waals surface area contributed by atoms with Crippen LogP contribution in [0.25, 0.3) is 0 Å². The number of hydrogen-bond donors (Lipinski definition) is 1. The summed E-state index contributed by atoms with van der Waals surface area (Å²) in [6.45, 7) is 0.613. The second-order valence-corrected chi connectivity index (χ2v) is 1.34. The highest BCUT2D eigenvalue weighted by Gasteiger charge is 1.86. The first kappa shape index (κ1) is 11.2. The monoisotopic (exact) mass is 151 g/mol. The Hall–Kier alpha value is -0.670. The van der Waals surface area contributed by atoms with E-state index in [1.54, 1.807) is 12.3 Å². The zero-order chi connectivity index (χ0) is 5.11. The average molecular weight is 152 g/mol. The van der Waals surface area contributed by atoms with Crippen molar-refractivity contribution in [1.82, 2.24) is 0 Å². The Bertz CT molecular complexity index is 122. The summed E-state index contributed by atoms with van der Waals surface area (Å²) in [5.74, 6) is 0. The summed E-state index contributed by atoms with van der Waals surface area (Å²) in [5.41, 5.74) is 6.11. The molecule has 0 aliphatic carbocycles. The highest BCUT2D eigenvalue weighted by molar-refractivity contribution is 5.85. The number of ether oxygens (including phenoxy) is 1. The van der Waals surface area contributed by atoms with Crippen molar-refractivity contribution in [2.24, 2.45) is 5.73 Å². The van der Waals surface area contributed by atoms with Gasteiger partial charge in [-0.1, -0.05) is 0 Å². The molecule has 0 amide bonds. The highest BCUT2D eigenvalue weighted by atomic mass is 35.5. The smallest absolute Gasteiger partial charge is 0.108 e. The van der Waals surface area contributed by atoms with E-state index >= 15 is 0 Å². The Morgan fingerprint density at radius 1 is 1.56 bits per heavy atom. The molecule has 0 saturated carbocycles. The van der Waals surface area contributed by atoms with Crippen molar-refractivity contribution in [3.05, 3.63) is 24.1 Å². The first-order valence-electron chi connectivity index (χ1n) is 2.13. The molecule has 0 bridgehead atoms. The molecule has 4 N–H and O–H groups in total. The number of rotatable bonds is 0. The topological polar surface area (TPSA) is 66.8 Å². The van der Waals surface area contributed by atoms with Crippen molar-refractivity contribution in [3.8, 4) is 0 Å². The minimum Gasteiger partial charge on any atom is -0.497 e. The van der Waals surface area contributed by atoms with Gasteiger partial charge in [0, 0.05) is 5.70 Å². The third kappa shape index (κ3) is 3.88. The molecule has 0 radical (unpaired) electrons. The van der Waals surface area contributed by atoms with E-state index in [-0.39, 0.29) is 17.9 Å². The van der Waals surface area contributed by atoms with Crippen LogP contribution in [0.15, 0.2) is 24.1 Å². The quantitative estimate of drug-likeness (QED) is 0.528. The van der Waals surface area contributed by atoms with Gasteiger partial charge in [-0.2, -0.15) is 0 Å². The summed E-state index contributed by atoms with van der Waals surface area (Å²) in [6.07, 6.45) is 5.14. The molecule has 0 aromatic heterocycles. The maximum atomic E-state index is 5.33. The van der Waals surface area contributed by atoms with Crippen LogP contribution in [0.1, 0.15) is 0 Å². The van der Waals surface area contributed by atoms with Gasteiger partial charge in [-0.3, -0.25) is 0 Å². The molecule has 0 spiro atoms. The van der Waals surface area contributed by atoms with Crippen LogP contribution in [0.5, 0.6) is 0 Å². The van der Waals surface area contributed by atoms with Gasteiger partial charge >= 0.3 is 0 Å². The third-order valence-corrected chi connectivity index (χ3v) is 0.772. The molecule has 1 aliphatic rings. The SMILES string of the molecule is Cl.NC1=CCOC=C1.O. The molecule has 54 valence electrons. The standard InChI is InChI=1S/C5H7NO.ClH.H2O/c6-5-1-3-7-4-2-5;;/h1-3H,4,6H2;1H;1H2. The van der Waals surface area contributed by atoms with Gasteiger partial charge in [0.1, 0.15) is 6.61 Å². The van der Waals surface area contributed by atoms with Crippen molar-refractivity contribution in [2.75, 3.05) is 6.61 Å². The Balaban J connectivity index is 0. The molecule has 0 aromatic rings. The second kappa shape index (κ2) is 5.47. The van der Waals surface area contributed by atoms with E-state index in [1.165, 1.54) is 0 Å². The van der Waals surface area contributed by atoms with E-state index in [4.69, 9.17) is 10.5 Å². The number of halogens is 1. The lowest BCUT2D eigenvalue weighted by Gasteiger charge is -2.00. The molecule has 1 heterocycles. The van der Waals surface area contributed by atoms with Gasteiger partial charge in [-0.25, -0.2) is 0 Å². The highest BCUT2D eigenvalue weighted by Crippen LogP contribution is 1.94. The Morgan fingerprint density at radius 2 is 2.22 bits per heavy atom. The lowest BCUT2D eigenvalue weighted by atomic mass is 10.4. The summed E-state index contributed by atoms with van der Waals surface area (Å²) in [4.78, 5) is 0. The van der Waals surface area contributed by atoms with Crippen LogP contribution in [0.3, 0.4) is 0 Å². The van der Waals surface area contributed by atoms with Crippen molar-refractivity contribution < 1.29 is 10.2 Å². The van der Waals surface area contributed by atoms with Gasteiger partial charge in [0.2, 0.25) is 0 Å². The molecule has 3 nitrogen and oxygen atoms in total. The fourth-order valence-corrected chi connectivity index (χ4v) is 0.395. The summed E-state index contributed by atoms with van der Waals surface area (Å²) in [7, 11) is 0. The Morgan fingerprint density at radius 3 is 2.44 bits per heavy atom. The van der Waals surface area contributed by atoms with Crippen LogP contribution in [0.4, 0.5) is 0 Å². The van der Waals surface area contributed by atoms with Gasteiger partial charge in [-0.05, 0) is 12.2 Å². The van der Waals surface area contributed by atoms with Crippen LogP contribution in [-0.2, 0) is 4.74 Å². The van der Waals surface area contributed by atoms with Gasteiger partial charge in [-0.15, -0.1) is 12.4 Å². The Labute approximate surface area is 59.9 Å². The fourth-order valence-electron chi connectivity index (χ4n) is 0.395. The van der Waals surface area contributed by atoms with Gasteiger partial charge in [0.15, 0.2) is 0 Å². The average Bonchev–Trinajstić information content (AvgIpc) is 1.69. The number of allylic oxidation sites excluding steroid dienone is 1. The first-order valence-corrected chi connectivity index (χ1v) is 2.13.